The Kier molecular flexibility index (Phi) is 7.67. The number of carbonyl (C=O) groups excluding carboxylic acids is 1. The number of esters is 1. The maximum atomic E-state index is 11.5. The second-order valence-electron chi connectivity index (χ2n) is 5.29. The fraction of sp³-hybridized carbons (Fsp3) is 0.250. The normalized spacial score (nSPS) is 10.7. The van der Waals surface area contributed by atoms with E-state index >= 15 is 0 Å². The summed E-state index contributed by atoms with van der Waals surface area (Å²) in [5.41, 5.74) is 2.34. The summed E-state index contributed by atoms with van der Waals surface area (Å²) in [4.78, 5) is 11.5. The van der Waals surface area contributed by atoms with Gasteiger partial charge in [0.25, 0.3) is 0 Å². The Morgan fingerprint density at radius 2 is 1.35 bits per heavy atom. The summed E-state index contributed by atoms with van der Waals surface area (Å²) in [5, 5.41) is 0. The number of rotatable bonds is 9. The molecule has 6 nitrogen and oxygen atoms in total. The van der Waals surface area contributed by atoms with Gasteiger partial charge in [0.15, 0.2) is 13.6 Å². The zero-order valence-corrected chi connectivity index (χ0v) is 15.1. The molecule has 2 rings (SSSR count). The molecule has 26 heavy (non-hydrogen) atoms. The standard InChI is InChI=1S/C20H22O6/c1-22-13-25-18-10-16(11-19(12-18)26-14-23-2)5-4-15-6-8-17(9-7-15)20(21)24-3/h4-12H,13-14H2,1-3H3. The van der Waals surface area contributed by atoms with Crippen LogP contribution in [-0.2, 0) is 14.2 Å². The maximum Gasteiger partial charge on any atom is 0.337 e. The van der Waals surface area contributed by atoms with Gasteiger partial charge >= 0.3 is 5.97 Å². The van der Waals surface area contributed by atoms with Gasteiger partial charge in [-0.05, 0) is 35.4 Å². The van der Waals surface area contributed by atoms with E-state index in [0.29, 0.717) is 17.1 Å². The molecule has 0 fully saturated rings. The average molecular weight is 358 g/mol. The number of benzene rings is 2. The van der Waals surface area contributed by atoms with Crippen LogP contribution in [0.4, 0.5) is 0 Å². The van der Waals surface area contributed by atoms with Gasteiger partial charge in [-0.1, -0.05) is 24.3 Å². The minimum absolute atomic E-state index is 0.145. The minimum atomic E-state index is -0.358. The summed E-state index contributed by atoms with van der Waals surface area (Å²) in [7, 11) is 4.48. The van der Waals surface area contributed by atoms with Crippen LogP contribution in [0, 0.1) is 0 Å². The largest absolute Gasteiger partial charge is 0.467 e. The van der Waals surface area contributed by atoms with Crippen molar-refractivity contribution in [3.63, 3.8) is 0 Å². The van der Waals surface area contributed by atoms with E-state index in [1.54, 1.807) is 32.4 Å². The first-order chi connectivity index (χ1) is 12.7. The lowest BCUT2D eigenvalue weighted by molar-refractivity contribution is 0.0460. The second-order valence-corrected chi connectivity index (χ2v) is 5.29. The number of hydrogen-bond acceptors (Lipinski definition) is 6. The summed E-state index contributed by atoms with van der Waals surface area (Å²) in [6, 6.07) is 12.6. The van der Waals surface area contributed by atoms with Crippen molar-refractivity contribution in [2.45, 2.75) is 0 Å². The van der Waals surface area contributed by atoms with E-state index in [9.17, 15) is 4.79 Å². The Bertz CT molecular complexity index is 710. The topological polar surface area (TPSA) is 63.2 Å². The molecule has 6 heteroatoms. The lowest BCUT2D eigenvalue weighted by Gasteiger charge is -2.10. The van der Waals surface area contributed by atoms with Crippen molar-refractivity contribution in [3.05, 3.63) is 59.2 Å². The van der Waals surface area contributed by atoms with Crippen LogP contribution in [0.2, 0.25) is 0 Å². The molecule has 0 aromatic heterocycles. The highest BCUT2D eigenvalue weighted by Gasteiger charge is 2.04. The molecule has 0 saturated carbocycles. The van der Waals surface area contributed by atoms with Gasteiger partial charge in [0, 0.05) is 20.3 Å². The van der Waals surface area contributed by atoms with Gasteiger partial charge in [0.05, 0.1) is 12.7 Å². The van der Waals surface area contributed by atoms with Crippen molar-refractivity contribution >= 4 is 18.1 Å². The quantitative estimate of drug-likeness (QED) is 0.388. The maximum absolute atomic E-state index is 11.5. The smallest absolute Gasteiger partial charge is 0.337 e. The van der Waals surface area contributed by atoms with E-state index in [4.69, 9.17) is 23.7 Å². The predicted molar refractivity (Wildman–Crippen MR) is 98.2 cm³/mol. The van der Waals surface area contributed by atoms with Gasteiger partial charge < -0.3 is 23.7 Å². The van der Waals surface area contributed by atoms with Crippen LogP contribution in [-0.4, -0.2) is 40.9 Å². The van der Waals surface area contributed by atoms with Crippen molar-refractivity contribution in [3.8, 4) is 11.5 Å². The van der Waals surface area contributed by atoms with Crippen LogP contribution in [0.1, 0.15) is 21.5 Å². The van der Waals surface area contributed by atoms with E-state index in [0.717, 1.165) is 11.1 Å². The highest BCUT2D eigenvalue weighted by Crippen LogP contribution is 2.24. The van der Waals surface area contributed by atoms with Gasteiger partial charge in [-0.25, -0.2) is 4.79 Å². The van der Waals surface area contributed by atoms with Crippen LogP contribution in [0.3, 0.4) is 0 Å². The zero-order valence-electron chi connectivity index (χ0n) is 15.1. The molecule has 2 aromatic carbocycles. The molecule has 0 N–H and O–H groups in total. The molecule has 0 aliphatic heterocycles. The van der Waals surface area contributed by atoms with Crippen LogP contribution in [0.25, 0.3) is 12.2 Å². The average Bonchev–Trinajstić information content (AvgIpc) is 2.69. The van der Waals surface area contributed by atoms with Crippen LogP contribution < -0.4 is 9.47 Å². The van der Waals surface area contributed by atoms with Crippen molar-refractivity contribution in [2.24, 2.45) is 0 Å². The third kappa shape index (κ3) is 5.91. The van der Waals surface area contributed by atoms with E-state index in [1.807, 2.05) is 36.4 Å². The molecular weight excluding hydrogens is 336 g/mol. The molecule has 0 bridgehead atoms. The lowest BCUT2D eigenvalue weighted by Crippen LogP contribution is -2.02. The monoisotopic (exact) mass is 358 g/mol. The van der Waals surface area contributed by atoms with Crippen LogP contribution in [0.15, 0.2) is 42.5 Å². The van der Waals surface area contributed by atoms with Crippen molar-refractivity contribution in [1.29, 1.82) is 0 Å². The third-order valence-electron chi connectivity index (χ3n) is 3.39. The number of ether oxygens (including phenoxy) is 5. The Morgan fingerprint density at radius 3 is 1.85 bits per heavy atom. The molecule has 0 heterocycles. The fourth-order valence-electron chi connectivity index (χ4n) is 2.15. The highest BCUT2D eigenvalue weighted by molar-refractivity contribution is 5.89. The Labute approximate surface area is 152 Å². The summed E-state index contributed by atoms with van der Waals surface area (Å²) in [5.74, 6) is 0.894. The number of hydrogen-bond donors (Lipinski definition) is 0. The summed E-state index contributed by atoms with van der Waals surface area (Å²) < 4.78 is 25.5. The Balaban J connectivity index is 2.17. The van der Waals surface area contributed by atoms with Gasteiger partial charge in [0.1, 0.15) is 11.5 Å². The summed E-state index contributed by atoms with van der Waals surface area (Å²) in [6.07, 6.45) is 3.85. The Hall–Kier alpha value is -2.83. The molecule has 0 atom stereocenters. The van der Waals surface area contributed by atoms with Gasteiger partial charge in [0.2, 0.25) is 0 Å². The van der Waals surface area contributed by atoms with Crippen LogP contribution in [0.5, 0.6) is 11.5 Å². The SMILES string of the molecule is COCOc1cc(C=Cc2ccc(C(=O)OC)cc2)cc(OCOC)c1. The molecule has 0 aliphatic carbocycles. The van der Waals surface area contributed by atoms with E-state index in [2.05, 4.69) is 0 Å². The Morgan fingerprint density at radius 1 is 0.808 bits per heavy atom. The number of carbonyl (C=O) groups is 1. The van der Waals surface area contributed by atoms with E-state index < -0.39 is 0 Å². The highest BCUT2D eigenvalue weighted by atomic mass is 16.7. The zero-order chi connectivity index (χ0) is 18.8. The molecule has 0 unspecified atom stereocenters. The minimum Gasteiger partial charge on any atom is -0.467 e. The molecule has 2 aromatic rings. The molecule has 0 amide bonds. The lowest BCUT2D eigenvalue weighted by atomic mass is 10.1. The first-order valence-electron chi connectivity index (χ1n) is 7.91. The van der Waals surface area contributed by atoms with E-state index in [1.165, 1.54) is 7.11 Å². The molecule has 0 saturated heterocycles. The van der Waals surface area contributed by atoms with Crippen molar-refractivity contribution in [1.82, 2.24) is 0 Å². The van der Waals surface area contributed by atoms with Gasteiger partial charge in [-0.15, -0.1) is 0 Å². The molecule has 138 valence electrons. The molecule has 0 aliphatic rings. The molecular formula is C20H22O6. The molecule has 0 radical (unpaired) electrons. The van der Waals surface area contributed by atoms with Crippen molar-refractivity contribution in [2.75, 3.05) is 34.9 Å². The van der Waals surface area contributed by atoms with Crippen molar-refractivity contribution < 1.29 is 28.5 Å². The van der Waals surface area contributed by atoms with Gasteiger partial charge in [-0.3, -0.25) is 0 Å². The first-order valence-corrected chi connectivity index (χ1v) is 7.91. The fourth-order valence-corrected chi connectivity index (χ4v) is 2.15. The van der Waals surface area contributed by atoms with Crippen LogP contribution >= 0.6 is 0 Å². The number of methoxy groups -OCH3 is 3. The summed E-state index contributed by atoms with van der Waals surface area (Å²) >= 11 is 0. The predicted octanol–water partition coefficient (Wildman–Crippen LogP) is 3.61. The summed E-state index contributed by atoms with van der Waals surface area (Å²) in [6.45, 7) is 0.289. The third-order valence-corrected chi connectivity index (χ3v) is 3.39. The first kappa shape index (κ1) is 19.5. The van der Waals surface area contributed by atoms with E-state index in [-0.39, 0.29) is 19.6 Å². The van der Waals surface area contributed by atoms with Gasteiger partial charge in [-0.2, -0.15) is 0 Å². The molecule has 0 spiro atoms. The second kappa shape index (κ2) is 10.2.